The number of amides is 1. The van der Waals surface area contributed by atoms with Crippen molar-refractivity contribution in [3.05, 3.63) is 46.5 Å². The number of methoxy groups -OCH3 is 1. The predicted octanol–water partition coefficient (Wildman–Crippen LogP) is 2.47. The summed E-state index contributed by atoms with van der Waals surface area (Å²) in [7, 11) is 3.02. The molecule has 8 heteroatoms. The van der Waals surface area contributed by atoms with Gasteiger partial charge in [-0.1, -0.05) is 31.3 Å². The molecule has 0 fully saturated rings. The summed E-state index contributed by atoms with van der Waals surface area (Å²) in [5, 5.41) is 4.00. The molecule has 1 aromatic carbocycles. The lowest BCUT2D eigenvalue weighted by atomic mass is 10.0. The Morgan fingerprint density at radius 1 is 1.31 bits per heavy atom. The zero-order chi connectivity index (χ0) is 18.8. The van der Waals surface area contributed by atoms with E-state index in [2.05, 4.69) is 30.0 Å². The van der Waals surface area contributed by atoms with Gasteiger partial charge >= 0.3 is 5.97 Å². The van der Waals surface area contributed by atoms with Crippen LogP contribution in [0.1, 0.15) is 35.8 Å². The van der Waals surface area contributed by atoms with E-state index in [0.29, 0.717) is 16.4 Å². The average molecular weight is 372 g/mol. The number of carbonyl (C=O) groups excluding carboxylic acids is 2. The van der Waals surface area contributed by atoms with Crippen LogP contribution in [0.5, 0.6) is 0 Å². The maximum atomic E-state index is 12.5. The molecule has 136 valence electrons. The van der Waals surface area contributed by atoms with Gasteiger partial charge < -0.3 is 9.30 Å². The summed E-state index contributed by atoms with van der Waals surface area (Å²) in [6.45, 7) is 4.23. The van der Waals surface area contributed by atoms with Gasteiger partial charge in [0.2, 0.25) is 0 Å². The van der Waals surface area contributed by atoms with Crippen molar-refractivity contribution in [1.82, 2.24) is 14.3 Å². The molecule has 0 spiro atoms. The fraction of sp³-hybridized carbons (Fsp3) is 0.333. The number of rotatable bonds is 4. The standard InChI is InChI=1S/C18H20N4O3S/c1-11(2)12-5-6-13-15(9-12)26-18(22(13)10-16(23)25-4)20-17(24)14-7-8-19-21(14)3/h5-9,11H,10H2,1-4H3. The molecule has 3 aromatic rings. The van der Waals surface area contributed by atoms with E-state index in [1.165, 1.54) is 28.7 Å². The van der Waals surface area contributed by atoms with Crippen molar-refractivity contribution < 1.29 is 14.3 Å². The smallest absolute Gasteiger partial charge is 0.325 e. The molecule has 0 aliphatic carbocycles. The van der Waals surface area contributed by atoms with Crippen molar-refractivity contribution in [2.24, 2.45) is 12.0 Å². The van der Waals surface area contributed by atoms with Crippen LogP contribution >= 0.6 is 11.3 Å². The van der Waals surface area contributed by atoms with Crippen LogP contribution in [0.3, 0.4) is 0 Å². The van der Waals surface area contributed by atoms with Gasteiger partial charge in [0.25, 0.3) is 5.91 Å². The van der Waals surface area contributed by atoms with Gasteiger partial charge in [0.15, 0.2) is 4.80 Å². The van der Waals surface area contributed by atoms with Crippen molar-refractivity contribution in [3.8, 4) is 0 Å². The van der Waals surface area contributed by atoms with Crippen LogP contribution in [0.2, 0.25) is 0 Å². The van der Waals surface area contributed by atoms with Crippen molar-refractivity contribution in [2.45, 2.75) is 26.3 Å². The van der Waals surface area contributed by atoms with Crippen molar-refractivity contribution in [1.29, 1.82) is 0 Å². The second-order valence-electron chi connectivity index (χ2n) is 6.19. The molecule has 0 unspecified atom stereocenters. The fourth-order valence-electron chi connectivity index (χ4n) is 2.61. The topological polar surface area (TPSA) is 78.5 Å². The van der Waals surface area contributed by atoms with Crippen molar-refractivity contribution in [3.63, 3.8) is 0 Å². The monoisotopic (exact) mass is 372 g/mol. The van der Waals surface area contributed by atoms with E-state index in [1.807, 2.05) is 12.1 Å². The van der Waals surface area contributed by atoms with E-state index in [4.69, 9.17) is 4.74 Å². The van der Waals surface area contributed by atoms with E-state index in [0.717, 1.165) is 10.2 Å². The molecular weight excluding hydrogens is 352 g/mol. The summed E-state index contributed by atoms with van der Waals surface area (Å²) < 4.78 is 8.94. The molecule has 0 atom stereocenters. The number of nitrogens with zero attached hydrogens (tertiary/aromatic N) is 4. The third kappa shape index (κ3) is 3.45. The number of thiazole rings is 1. The number of benzene rings is 1. The minimum absolute atomic E-state index is 0.00494. The molecular formula is C18H20N4O3S. The van der Waals surface area contributed by atoms with Crippen molar-refractivity contribution in [2.75, 3.05) is 7.11 Å². The second kappa shape index (κ2) is 7.25. The number of carbonyl (C=O) groups is 2. The Morgan fingerprint density at radius 3 is 2.69 bits per heavy atom. The Bertz CT molecular complexity index is 1040. The normalized spacial score (nSPS) is 12.1. The Balaban J connectivity index is 2.17. The van der Waals surface area contributed by atoms with Crippen LogP contribution < -0.4 is 4.80 Å². The summed E-state index contributed by atoms with van der Waals surface area (Å²) in [5.74, 6) is -0.418. The molecule has 0 radical (unpaired) electrons. The Labute approximate surface area is 154 Å². The van der Waals surface area contributed by atoms with E-state index >= 15 is 0 Å². The highest BCUT2D eigenvalue weighted by atomic mass is 32.1. The Kier molecular flexibility index (Phi) is 5.03. The molecule has 0 aliphatic rings. The lowest BCUT2D eigenvalue weighted by Gasteiger charge is -2.06. The molecule has 2 aromatic heterocycles. The largest absolute Gasteiger partial charge is 0.468 e. The minimum Gasteiger partial charge on any atom is -0.468 e. The first-order chi connectivity index (χ1) is 12.4. The van der Waals surface area contributed by atoms with Gasteiger partial charge in [-0.25, -0.2) is 0 Å². The van der Waals surface area contributed by atoms with Crippen LogP contribution in [-0.4, -0.2) is 33.3 Å². The molecule has 0 saturated heterocycles. The predicted molar refractivity (Wildman–Crippen MR) is 99.0 cm³/mol. The van der Waals surface area contributed by atoms with Gasteiger partial charge in [-0.15, -0.1) is 0 Å². The summed E-state index contributed by atoms with van der Waals surface area (Å²) in [6.07, 6.45) is 1.55. The van der Waals surface area contributed by atoms with E-state index < -0.39 is 11.9 Å². The van der Waals surface area contributed by atoms with Crippen LogP contribution in [0.15, 0.2) is 35.5 Å². The summed E-state index contributed by atoms with van der Waals surface area (Å²) in [6, 6.07) is 7.67. The Morgan fingerprint density at radius 2 is 2.08 bits per heavy atom. The maximum Gasteiger partial charge on any atom is 0.325 e. The number of hydrogen-bond acceptors (Lipinski definition) is 5. The molecule has 7 nitrogen and oxygen atoms in total. The highest BCUT2D eigenvalue weighted by molar-refractivity contribution is 7.16. The molecule has 26 heavy (non-hydrogen) atoms. The lowest BCUT2D eigenvalue weighted by Crippen LogP contribution is -2.22. The molecule has 3 rings (SSSR count). The number of aryl methyl sites for hydroxylation is 1. The first-order valence-corrected chi connectivity index (χ1v) is 8.99. The van der Waals surface area contributed by atoms with Crippen LogP contribution in [0, 0.1) is 0 Å². The fourth-order valence-corrected chi connectivity index (χ4v) is 3.68. The second-order valence-corrected chi connectivity index (χ2v) is 7.19. The number of hydrogen-bond donors (Lipinski definition) is 0. The van der Waals surface area contributed by atoms with Crippen LogP contribution in [-0.2, 0) is 23.1 Å². The third-order valence-corrected chi connectivity index (χ3v) is 5.17. The lowest BCUT2D eigenvalue weighted by molar-refractivity contribution is -0.141. The van der Waals surface area contributed by atoms with Gasteiger partial charge in [-0.2, -0.15) is 10.1 Å². The zero-order valence-electron chi connectivity index (χ0n) is 15.1. The number of ether oxygens (including phenoxy) is 1. The number of aromatic nitrogens is 3. The van der Waals surface area contributed by atoms with E-state index in [1.54, 1.807) is 23.9 Å². The van der Waals surface area contributed by atoms with E-state index in [-0.39, 0.29) is 6.54 Å². The summed E-state index contributed by atoms with van der Waals surface area (Å²) in [4.78, 5) is 29.0. The molecule has 0 saturated carbocycles. The number of fused-ring (bicyclic) bond motifs is 1. The molecule has 0 bridgehead atoms. The van der Waals surface area contributed by atoms with E-state index in [9.17, 15) is 9.59 Å². The highest BCUT2D eigenvalue weighted by Gasteiger charge is 2.14. The minimum atomic E-state index is -0.403. The maximum absolute atomic E-state index is 12.5. The number of esters is 1. The van der Waals surface area contributed by atoms with Gasteiger partial charge in [0.05, 0.1) is 17.3 Å². The Hall–Kier alpha value is -2.74. The van der Waals surface area contributed by atoms with Gasteiger partial charge in [-0.3, -0.25) is 14.3 Å². The molecule has 0 N–H and O–H groups in total. The third-order valence-electron chi connectivity index (χ3n) is 4.13. The first-order valence-electron chi connectivity index (χ1n) is 8.18. The average Bonchev–Trinajstić information content (AvgIpc) is 3.18. The molecule has 2 heterocycles. The van der Waals surface area contributed by atoms with Gasteiger partial charge in [-0.05, 0) is 29.7 Å². The van der Waals surface area contributed by atoms with Crippen molar-refractivity contribution >= 4 is 33.4 Å². The summed E-state index contributed by atoms with van der Waals surface area (Å²) in [5.41, 5.74) is 2.42. The quantitative estimate of drug-likeness (QED) is 0.659. The highest BCUT2D eigenvalue weighted by Crippen LogP contribution is 2.23. The zero-order valence-corrected chi connectivity index (χ0v) is 15.9. The summed E-state index contributed by atoms with van der Waals surface area (Å²) >= 11 is 1.38. The SMILES string of the molecule is COC(=O)Cn1c(=NC(=O)c2ccnn2C)sc2cc(C(C)C)ccc21. The van der Waals surface area contributed by atoms with Gasteiger partial charge in [0, 0.05) is 13.2 Å². The van der Waals surface area contributed by atoms with Crippen LogP contribution in [0.4, 0.5) is 0 Å². The molecule has 0 aliphatic heterocycles. The first kappa shape index (κ1) is 18.1. The van der Waals surface area contributed by atoms with Crippen LogP contribution in [0.25, 0.3) is 10.2 Å². The van der Waals surface area contributed by atoms with Gasteiger partial charge in [0.1, 0.15) is 12.2 Å². The molecule has 1 amide bonds.